The van der Waals surface area contributed by atoms with Crippen LogP contribution < -0.4 is 0 Å². The monoisotopic (exact) mass is 484 g/mol. The molecule has 0 fully saturated rings. The molecule has 2 radical (unpaired) electrons. The van der Waals surface area contributed by atoms with Crippen molar-refractivity contribution >= 4 is 67.5 Å². The van der Waals surface area contributed by atoms with E-state index in [2.05, 4.69) is 4.74 Å². The molecule has 0 rings (SSSR count). The summed E-state index contributed by atoms with van der Waals surface area (Å²) in [5, 5.41) is 0. The van der Waals surface area contributed by atoms with Gasteiger partial charge >= 0.3 is 12.9 Å². The van der Waals surface area contributed by atoms with Gasteiger partial charge in [-0.1, -0.05) is 0 Å². The Labute approximate surface area is 81.1 Å². The van der Waals surface area contributed by atoms with E-state index in [0.29, 0.717) is 0 Å². The fourth-order valence-electron chi connectivity index (χ4n) is 0.0227. The van der Waals surface area contributed by atoms with Crippen LogP contribution in [0.5, 0.6) is 0 Å². The molecule has 0 aliphatic carbocycles. The summed E-state index contributed by atoms with van der Waals surface area (Å²) in [5.41, 5.74) is 0. The van der Waals surface area contributed by atoms with Gasteiger partial charge in [-0.3, -0.25) is 9.59 Å². The van der Waals surface area contributed by atoms with E-state index in [-0.39, 0.29) is 67.5 Å². The van der Waals surface area contributed by atoms with Gasteiger partial charge in [0, 0.05) is 54.6 Å². The van der Waals surface area contributed by atoms with Gasteiger partial charge in [-0.25, -0.2) is 0 Å². The predicted octanol–water partition coefficient (Wildman–Crippen LogP) is -1.45. The molecule has 3 nitrogen and oxygen atoms in total. The van der Waals surface area contributed by atoms with Crippen LogP contribution >= 0.6 is 0 Å². The molecule has 0 atom stereocenters. The van der Waals surface area contributed by atoms with E-state index in [9.17, 15) is 0 Å². The van der Waals surface area contributed by atoms with Crippen molar-refractivity contribution in [2.45, 2.75) is 0 Å². The summed E-state index contributed by atoms with van der Waals surface area (Å²) in [6, 6.07) is 0. The van der Waals surface area contributed by atoms with E-state index in [1.807, 2.05) is 0 Å². The Morgan fingerprint density at radius 3 is 1.29 bits per heavy atom. The molecule has 0 unspecified atom stereocenters. The number of hydrogen-bond acceptors (Lipinski definition) is 3. The molecule has 7 heavy (non-hydrogen) atoms. The van der Waals surface area contributed by atoms with Gasteiger partial charge in [0.15, 0.2) is 0 Å². The molecule has 0 amide bonds. The molecule has 5 heteroatoms. The van der Waals surface area contributed by atoms with Crippen molar-refractivity contribution < 1.29 is 14.3 Å². The first-order chi connectivity index (χ1) is 2.41. The summed E-state index contributed by atoms with van der Waals surface area (Å²) < 4.78 is 3.47. The van der Waals surface area contributed by atoms with Crippen molar-refractivity contribution in [3.63, 3.8) is 0 Å². The molecular weight excluding hydrogens is 481 g/mol. The summed E-state index contributed by atoms with van der Waals surface area (Å²) in [6.45, 7) is 0.125. The average Bonchev–Trinajstić information content (AvgIpc) is 1.41. The molecule has 0 spiro atoms. The SMILES string of the molecule is O=COC=O.[Tl].[Tl]. The summed E-state index contributed by atoms with van der Waals surface area (Å²) in [4.78, 5) is 17.9. The van der Waals surface area contributed by atoms with Gasteiger partial charge in [-0.2, -0.15) is 0 Å². The summed E-state index contributed by atoms with van der Waals surface area (Å²) in [5.74, 6) is 0. The third-order valence-corrected chi connectivity index (χ3v) is 0.111. The number of ether oxygens (including phenoxy) is 1. The summed E-state index contributed by atoms with van der Waals surface area (Å²) in [6.07, 6.45) is 0. The van der Waals surface area contributed by atoms with Gasteiger partial charge < -0.3 is 4.74 Å². The maximum Gasteiger partial charge on any atom is 0.300 e. The second-order valence-corrected chi connectivity index (χ2v) is 0.329. The van der Waals surface area contributed by atoms with Crippen molar-refractivity contribution in [2.75, 3.05) is 0 Å². The van der Waals surface area contributed by atoms with Crippen LogP contribution in [0.2, 0.25) is 0 Å². The van der Waals surface area contributed by atoms with Gasteiger partial charge in [0.1, 0.15) is 0 Å². The van der Waals surface area contributed by atoms with Crippen molar-refractivity contribution in [1.29, 1.82) is 0 Å². The fraction of sp³-hybridized carbons (Fsp3) is 0. The van der Waals surface area contributed by atoms with Crippen molar-refractivity contribution in [1.82, 2.24) is 0 Å². The zero-order valence-electron chi connectivity index (χ0n) is 3.53. The topological polar surface area (TPSA) is 43.4 Å². The van der Waals surface area contributed by atoms with Gasteiger partial charge in [-0.05, 0) is 0 Å². The minimum absolute atomic E-state index is 0. The third kappa shape index (κ3) is 19.5. The number of carbonyl (C=O) groups is 2. The Hall–Kier alpha value is 0.984. The molecule has 0 aliphatic rings. The maximum atomic E-state index is 8.95. The molecule has 0 saturated carbocycles. The second kappa shape index (κ2) is 15.8. The van der Waals surface area contributed by atoms with Gasteiger partial charge in [0.05, 0.1) is 0 Å². The molecule has 0 N–H and O–H groups in total. The third-order valence-electron chi connectivity index (χ3n) is 0.111. The molecule has 0 heterocycles. The minimum atomic E-state index is 0. The van der Waals surface area contributed by atoms with Crippen LogP contribution in [0.15, 0.2) is 0 Å². The standard InChI is InChI=1S/C2H2O3.2Tl/c3-1-5-2-4;;/h1-2H;;. The fourth-order valence-corrected chi connectivity index (χ4v) is 0.0227. The Bertz CT molecular complexity index is 40.2. The quantitative estimate of drug-likeness (QED) is 0.275. The first-order valence-electron chi connectivity index (χ1n) is 0.943. The zero-order valence-corrected chi connectivity index (χ0v) is 12.5. The Kier molecular flexibility index (Phi) is 35.3. The molecule has 0 aromatic carbocycles. The van der Waals surface area contributed by atoms with Crippen molar-refractivity contribution in [3.05, 3.63) is 0 Å². The Balaban J connectivity index is -0.0000000800. The van der Waals surface area contributed by atoms with E-state index in [1.165, 1.54) is 0 Å². The van der Waals surface area contributed by atoms with E-state index in [0.717, 1.165) is 0 Å². The van der Waals surface area contributed by atoms with Crippen LogP contribution in [0.1, 0.15) is 0 Å². The van der Waals surface area contributed by atoms with Gasteiger partial charge in [-0.15, -0.1) is 0 Å². The second-order valence-electron chi connectivity index (χ2n) is 0.329. The van der Waals surface area contributed by atoms with Gasteiger partial charge in [0.2, 0.25) is 0 Å². The van der Waals surface area contributed by atoms with Crippen LogP contribution in [0.3, 0.4) is 0 Å². The zero-order chi connectivity index (χ0) is 4.12. The van der Waals surface area contributed by atoms with Crippen LogP contribution in [-0.2, 0) is 14.3 Å². The largest absolute Gasteiger partial charge is 0.398 e. The Morgan fingerprint density at radius 2 is 1.29 bits per heavy atom. The number of carbonyl (C=O) groups excluding carboxylic acids is 2. The number of rotatable bonds is 2. The van der Waals surface area contributed by atoms with Crippen molar-refractivity contribution in [3.8, 4) is 0 Å². The first-order valence-corrected chi connectivity index (χ1v) is 0.943. The van der Waals surface area contributed by atoms with Crippen LogP contribution in [0.25, 0.3) is 0 Å². The summed E-state index contributed by atoms with van der Waals surface area (Å²) in [7, 11) is 0. The normalized spacial score (nSPS) is 4.00. The Morgan fingerprint density at radius 1 is 1.00 bits per heavy atom. The average molecular weight is 483 g/mol. The molecule has 0 aromatic heterocycles. The number of hydrogen-bond donors (Lipinski definition) is 0. The molecule has 0 saturated heterocycles. The molecular formula is C2H2O3Tl2. The molecule has 0 aliphatic heterocycles. The summed E-state index contributed by atoms with van der Waals surface area (Å²) >= 11 is 0. The van der Waals surface area contributed by atoms with Crippen LogP contribution in [0, 0.1) is 0 Å². The smallest absolute Gasteiger partial charge is 0.300 e. The molecule has 0 bridgehead atoms. The van der Waals surface area contributed by atoms with Crippen LogP contribution in [0.4, 0.5) is 0 Å². The van der Waals surface area contributed by atoms with E-state index in [4.69, 9.17) is 9.59 Å². The predicted molar refractivity (Wildman–Crippen MR) is 24.7 cm³/mol. The minimum Gasteiger partial charge on any atom is -0.398 e. The van der Waals surface area contributed by atoms with Crippen LogP contribution in [-0.4, -0.2) is 67.5 Å². The molecule has 0 aromatic rings. The van der Waals surface area contributed by atoms with E-state index in [1.54, 1.807) is 0 Å². The van der Waals surface area contributed by atoms with E-state index >= 15 is 0 Å². The molecule has 34 valence electrons. The van der Waals surface area contributed by atoms with Gasteiger partial charge in [0.25, 0.3) is 0 Å². The first kappa shape index (κ1) is 15.7. The van der Waals surface area contributed by atoms with Crippen molar-refractivity contribution in [2.24, 2.45) is 0 Å². The maximum absolute atomic E-state index is 8.95. The van der Waals surface area contributed by atoms with E-state index < -0.39 is 0 Å².